The molecule has 0 N–H and O–H groups in total. The molecular formula is C29H27F5N4O. The second-order valence-electron chi connectivity index (χ2n) is 10.3. The lowest BCUT2D eigenvalue weighted by atomic mass is 9.81. The molecule has 2 aromatic rings. The van der Waals surface area contributed by atoms with E-state index >= 15 is 0 Å². The SMILES string of the molecule is N#CC1CCN(C(=O)N2CC(C3=NC(c4cc(F)ccc4F)=CC3)CC(c3ccc(C(F)(F)F)cc3)C2)CC1. The van der Waals surface area contributed by atoms with Crippen molar-refractivity contribution in [3.63, 3.8) is 0 Å². The molecule has 0 bridgehead atoms. The molecule has 3 heterocycles. The van der Waals surface area contributed by atoms with E-state index in [0.29, 0.717) is 63.1 Å². The molecule has 204 valence electrons. The van der Waals surface area contributed by atoms with Crippen molar-refractivity contribution < 1.29 is 26.7 Å². The Hall–Kier alpha value is -3.74. The highest BCUT2D eigenvalue weighted by molar-refractivity contribution is 5.98. The fourth-order valence-electron chi connectivity index (χ4n) is 5.65. The molecule has 5 rings (SSSR count). The Morgan fingerprint density at radius 3 is 2.33 bits per heavy atom. The molecule has 0 aromatic heterocycles. The standard InChI is InChI=1S/C29H27F5N4O/c30-23-5-6-25(31)24(14-23)27-8-7-26(36-27)21-13-20(19-1-3-22(4-2-19)29(32,33)34)16-38(17-21)28(39)37-11-9-18(15-35)10-12-37/h1-6,8,14,18,20-21H,7,9-13,16-17H2. The number of rotatable bonds is 3. The van der Waals surface area contributed by atoms with Crippen molar-refractivity contribution in [1.29, 1.82) is 5.26 Å². The zero-order valence-corrected chi connectivity index (χ0v) is 21.1. The van der Waals surface area contributed by atoms with Crippen molar-refractivity contribution in [1.82, 2.24) is 9.80 Å². The van der Waals surface area contributed by atoms with E-state index in [4.69, 9.17) is 0 Å². The van der Waals surface area contributed by atoms with E-state index in [1.54, 1.807) is 15.9 Å². The molecule has 2 fully saturated rings. The van der Waals surface area contributed by atoms with Crippen molar-refractivity contribution in [3.05, 3.63) is 76.9 Å². The minimum Gasteiger partial charge on any atom is -0.325 e. The number of benzene rings is 2. The molecule has 39 heavy (non-hydrogen) atoms. The third kappa shape index (κ3) is 5.82. The molecule has 0 saturated carbocycles. The van der Waals surface area contributed by atoms with E-state index in [2.05, 4.69) is 11.1 Å². The topological polar surface area (TPSA) is 59.7 Å². The number of carbonyl (C=O) groups excluding carboxylic acids is 1. The maximum atomic E-state index is 14.4. The first-order chi connectivity index (χ1) is 18.6. The van der Waals surface area contributed by atoms with Gasteiger partial charge in [-0.15, -0.1) is 0 Å². The molecule has 2 saturated heterocycles. The summed E-state index contributed by atoms with van der Waals surface area (Å²) in [7, 11) is 0. The number of allylic oxidation sites excluding steroid dienone is 1. The largest absolute Gasteiger partial charge is 0.416 e. The smallest absolute Gasteiger partial charge is 0.325 e. The Morgan fingerprint density at radius 1 is 0.974 bits per heavy atom. The average Bonchev–Trinajstić information content (AvgIpc) is 3.44. The van der Waals surface area contributed by atoms with Crippen molar-refractivity contribution in [2.75, 3.05) is 26.2 Å². The first kappa shape index (κ1) is 26.9. The van der Waals surface area contributed by atoms with E-state index in [1.807, 2.05) is 0 Å². The van der Waals surface area contributed by atoms with Crippen LogP contribution in [-0.4, -0.2) is 47.7 Å². The number of aliphatic imine (C=N–C) groups is 1. The summed E-state index contributed by atoms with van der Waals surface area (Å²) in [5.74, 6) is -1.69. The van der Waals surface area contributed by atoms with Gasteiger partial charge in [-0.1, -0.05) is 18.2 Å². The summed E-state index contributed by atoms with van der Waals surface area (Å²) >= 11 is 0. The maximum absolute atomic E-state index is 14.4. The highest BCUT2D eigenvalue weighted by Gasteiger charge is 2.37. The van der Waals surface area contributed by atoms with Crippen molar-refractivity contribution in [2.45, 2.75) is 37.8 Å². The van der Waals surface area contributed by atoms with E-state index < -0.39 is 23.4 Å². The number of amides is 2. The van der Waals surface area contributed by atoms with Gasteiger partial charge in [0.2, 0.25) is 0 Å². The Labute approximate surface area is 223 Å². The zero-order chi connectivity index (χ0) is 27.7. The van der Waals surface area contributed by atoms with E-state index in [0.717, 1.165) is 36.0 Å². The van der Waals surface area contributed by atoms with Crippen LogP contribution < -0.4 is 0 Å². The van der Waals surface area contributed by atoms with E-state index in [-0.39, 0.29) is 29.3 Å². The average molecular weight is 543 g/mol. The summed E-state index contributed by atoms with van der Waals surface area (Å²) in [5, 5.41) is 9.19. The number of alkyl halides is 3. The zero-order valence-electron chi connectivity index (χ0n) is 21.1. The van der Waals surface area contributed by atoms with E-state index in [1.165, 1.54) is 12.1 Å². The van der Waals surface area contributed by atoms with Gasteiger partial charge in [0.15, 0.2) is 0 Å². The van der Waals surface area contributed by atoms with Crippen LogP contribution in [0, 0.1) is 34.8 Å². The van der Waals surface area contributed by atoms with Gasteiger partial charge in [0.1, 0.15) is 11.6 Å². The number of urea groups is 1. The number of carbonyl (C=O) groups is 1. The number of halogens is 5. The third-order valence-electron chi connectivity index (χ3n) is 7.82. The molecule has 2 amide bonds. The highest BCUT2D eigenvalue weighted by atomic mass is 19.4. The molecule has 5 nitrogen and oxygen atoms in total. The summed E-state index contributed by atoms with van der Waals surface area (Å²) in [6.07, 6.45) is -0.559. The van der Waals surface area contributed by atoms with Crippen molar-refractivity contribution in [2.24, 2.45) is 16.8 Å². The lowest BCUT2D eigenvalue weighted by Crippen LogP contribution is -2.52. The third-order valence-corrected chi connectivity index (χ3v) is 7.82. The quantitative estimate of drug-likeness (QED) is 0.409. The fourth-order valence-corrected chi connectivity index (χ4v) is 5.65. The Balaban J connectivity index is 1.40. The second kappa shape index (κ2) is 10.8. The van der Waals surface area contributed by atoms with Gasteiger partial charge >= 0.3 is 12.2 Å². The van der Waals surface area contributed by atoms with Gasteiger partial charge in [0.25, 0.3) is 0 Å². The first-order valence-electron chi connectivity index (χ1n) is 13.0. The molecule has 2 unspecified atom stereocenters. The molecule has 2 aromatic carbocycles. The first-order valence-corrected chi connectivity index (χ1v) is 13.0. The van der Waals surface area contributed by atoms with Crippen LogP contribution in [0.1, 0.15) is 48.3 Å². The summed E-state index contributed by atoms with van der Waals surface area (Å²) in [5.41, 5.74) is 1.07. The Morgan fingerprint density at radius 2 is 1.67 bits per heavy atom. The van der Waals surface area contributed by atoms with Crippen LogP contribution in [0.25, 0.3) is 5.70 Å². The van der Waals surface area contributed by atoms with Crippen LogP contribution in [0.4, 0.5) is 26.7 Å². The summed E-state index contributed by atoms with van der Waals surface area (Å²) in [6, 6.07) is 10.3. The number of likely N-dealkylation sites (tertiary alicyclic amines) is 2. The van der Waals surface area contributed by atoms with Crippen LogP contribution in [0.15, 0.2) is 53.5 Å². The minimum absolute atomic E-state index is 0.0633. The number of hydrogen-bond donors (Lipinski definition) is 0. The van der Waals surface area contributed by atoms with Crippen LogP contribution in [-0.2, 0) is 6.18 Å². The molecule has 10 heteroatoms. The lowest BCUT2D eigenvalue weighted by molar-refractivity contribution is -0.137. The molecular weight excluding hydrogens is 515 g/mol. The molecule has 0 aliphatic carbocycles. The molecule has 2 atom stereocenters. The van der Waals surface area contributed by atoms with E-state index in [9.17, 15) is 32.0 Å². The van der Waals surface area contributed by atoms with Gasteiger partial charge in [-0.3, -0.25) is 4.99 Å². The van der Waals surface area contributed by atoms with Gasteiger partial charge in [-0.2, -0.15) is 18.4 Å². The molecule has 3 aliphatic heterocycles. The predicted molar refractivity (Wildman–Crippen MR) is 136 cm³/mol. The predicted octanol–water partition coefficient (Wildman–Crippen LogP) is 6.63. The number of nitriles is 1. The molecule has 0 spiro atoms. The number of piperidine rings is 2. The molecule has 0 radical (unpaired) electrons. The summed E-state index contributed by atoms with van der Waals surface area (Å²) in [6.45, 7) is 1.63. The van der Waals surface area contributed by atoms with Gasteiger partial charge in [0.05, 0.1) is 17.3 Å². The van der Waals surface area contributed by atoms with Crippen LogP contribution in [0.2, 0.25) is 0 Å². The summed E-state index contributed by atoms with van der Waals surface area (Å²) < 4.78 is 67.6. The van der Waals surface area contributed by atoms with Gasteiger partial charge < -0.3 is 9.80 Å². The van der Waals surface area contributed by atoms with Gasteiger partial charge in [-0.05, 0) is 55.2 Å². The maximum Gasteiger partial charge on any atom is 0.416 e. The molecule has 3 aliphatic rings. The fraction of sp³-hybridized carbons (Fsp3) is 0.414. The van der Waals surface area contributed by atoms with Crippen LogP contribution >= 0.6 is 0 Å². The number of nitrogens with zero attached hydrogens (tertiary/aromatic N) is 4. The number of hydrogen-bond acceptors (Lipinski definition) is 3. The van der Waals surface area contributed by atoms with Gasteiger partial charge in [-0.25, -0.2) is 13.6 Å². The van der Waals surface area contributed by atoms with Gasteiger partial charge in [0, 0.05) is 61.6 Å². The Bertz CT molecular complexity index is 1340. The lowest BCUT2D eigenvalue weighted by Gasteiger charge is -2.41. The van der Waals surface area contributed by atoms with Crippen LogP contribution in [0.5, 0.6) is 0 Å². The highest BCUT2D eigenvalue weighted by Crippen LogP contribution is 2.37. The normalized spacial score (nSPS) is 22.4. The second-order valence-corrected chi connectivity index (χ2v) is 10.3. The monoisotopic (exact) mass is 542 g/mol. The Kier molecular flexibility index (Phi) is 7.43. The van der Waals surface area contributed by atoms with Crippen molar-refractivity contribution in [3.8, 4) is 6.07 Å². The minimum atomic E-state index is -4.45. The summed E-state index contributed by atoms with van der Waals surface area (Å²) in [4.78, 5) is 21.6. The van der Waals surface area contributed by atoms with Crippen LogP contribution in [0.3, 0.4) is 0 Å². The van der Waals surface area contributed by atoms with Crippen molar-refractivity contribution >= 4 is 17.4 Å².